The molecule has 16 heavy (non-hydrogen) atoms. The van der Waals surface area contributed by atoms with Gasteiger partial charge < -0.3 is 15.0 Å². The molecule has 2 rings (SSSR count). The molecule has 1 aliphatic carbocycles. The Balaban J connectivity index is 1.97. The van der Waals surface area contributed by atoms with Crippen molar-refractivity contribution in [2.75, 3.05) is 26.8 Å². The fourth-order valence-corrected chi connectivity index (χ4v) is 2.65. The number of nitrogens with zero attached hydrogens (tertiary/aromatic N) is 1. The maximum absolute atomic E-state index is 12.1. The predicted octanol–water partition coefficient (Wildman–Crippen LogP) is 0.766. The first-order chi connectivity index (χ1) is 7.83. The molecule has 1 N–H and O–H groups in total. The van der Waals surface area contributed by atoms with Crippen molar-refractivity contribution in [3.8, 4) is 0 Å². The van der Waals surface area contributed by atoms with Gasteiger partial charge in [-0.05, 0) is 45.2 Å². The molecule has 4 nitrogen and oxygen atoms in total. The van der Waals surface area contributed by atoms with Gasteiger partial charge in [0.1, 0.15) is 6.61 Å². The number of hydrogen-bond acceptors (Lipinski definition) is 3. The molecule has 1 heterocycles. The van der Waals surface area contributed by atoms with Gasteiger partial charge in [0.15, 0.2) is 0 Å². The molecule has 0 aromatic rings. The second kappa shape index (κ2) is 5.64. The second-order valence-electron chi connectivity index (χ2n) is 4.80. The summed E-state index contributed by atoms with van der Waals surface area (Å²) in [7, 11) is 1.60. The van der Waals surface area contributed by atoms with E-state index in [-0.39, 0.29) is 12.5 Å². The fourth-order valence-electron chi connectivity index (χ4n) is 2.65. The molecule has 1 aliphatic heterocycles. The molecule has 2 fully saturated rings. The molecule has 2 aliphatic rings. The molecule has 0 aromatic heterocycles. The van der Waals surface area contributed by atoms with Gasteiger partial charge in [0.25, 0.3) is 0 Å². The predicted molar refractivity (Wildman–Crippen MR) is 62.3 cm³/mol. The van der Waals surface area contributed by atoms with Crippen LogP contribution < -0.4 is 5.32 Å². The van der Waals surface area contributed by atoms with E-state index in [4.69, 9.17) is 4.74 Å². The van der Waals surface area contributed by atoms with Gasteiger partial charge in [-0.3, -0.25) is 4.79 Å². The van der Waals surface area contributed by atoms with Crippen molar-refractivity contribution >= 4 is 5.91 Å². The van der Waals surface area contributed by atoms with Gasteiger partial charge in [0.05, 0.1) is 0 Å². The molecule has 4 heteroatoms. The molecule has 0 unspecified atom stereocenters. The number of nitrogens with one attached hydrogen (secondary N) is 1. The largest absolute Gasteiger partial charge is 0.375 e. The van der Waals surface area contributed by atoms with Crippen LogP contribution in [0.4, 0.5) is 0 Å². The van der Waals surface area contributed by atoms with E-state index >= 15 is 0 Å². The van der Waals surface area contributed by atoms with Gasteiger partial charge in [-0.25, -0.2) is 0 Å². The van der Waals surface area contributed by atoms with E-state index in [0.717, 1.165) is 25.9 Å². The molecule has 0 atom stereocenters. The highest BCUT2D eigenvalue weighted by atomic mass is 16.5. The summed E-state index contributed by atoms with van der Waals surface area (Å²) in [5.74, 6) is 0.180. The maximum Gasteiger partial charge on any atom is 0.249 e. The summed E-state index contributed by atoms with van der Waals surface area (Å²) in [5.41, 5.74) is 0. The molecule has 1 saturated carbocycles. The van der Waals surface area contributed by atoms with Crippen LogP contribution in [0.5, 0.6) is 0 Å². The van der Waals surface area contributed by atoms with Crippen LogP contribution in [0, 0.1) is 0 Å². The van der Waals surface area contributed by atoms with Crippen molar-refractivity contribution in [1.29, 1.82) is 0 Å². The van der Waals surface area contributed by atoms with Gasteiger partial charge >= 0.3 is 0 Å². The number of amides is 1. The minimum absolute atomic E-state index is 0.180. The molecule has 0 radical (unpaired) electrons. The second-order valence-corrected chi connectivity index (χ2v) is 4.80. The summed E-state index contributed by atoms with van der Waals surface area (Å²) in [6.45, 7) is 2.31. The number of ether oxygens (including phenoxy) is 1. The Labute approximate surface area is 97.3 Å². The van der Waals surface area contributed by atoms with Crippen LogP contribution >= 0.6 is 0 Å². The molecule has 0 aromatic carbocycles. The topological polar surface area (TPSA) is 41.6 Å². The number of carbonyl (C=O) groups excluding carboxylic acids is 1. The molecule has 1 amide bonds. The van der Waals surface area contributed by atoms with Crippen LogP contribution in [0.1, 0.15) is 32.1 Å². The molecule has 1 saturated heterocycles. The van der Waals surface area contributed by atoms with Gasteiger partial charge in [0, 0.05) is 19.2 Å². The summed E-state index contributed by atoms with van der Waals surface area (Å²) >= 11 is 0. The van der Waals surface area contributed by atoms with E-state index in [2.05, 4.69) is 10.2 Å². The summed E-state index contributed by atoms with van der Waals surface area (Å²) in [4.78, 5) is 14.2. The summed E-state index contributed by atoms with van der Waals surface area (Å²) in [6, 6.07) is 0.931. The molecule has 0 spiro atoms. The fraction of sp³-hybridized carbons (Fsp3) is 0.917. The van der Waals surface area contributed by atoms with E-state index in [1.807, 2.05) is 0 Å². The Morgan fingerprint density at radius 3 is 2.38 bits per heavy atom. The van der Waals surface area contributed by atoms with Crippen molar-refractivity contribution in [1.82, 2.24) is 10.2 Å². The first-order valence-electron chi connectivity index (χ1n) is 6.33. The molecule has 92 valence electrons. The Bertz CT molecular complexity index is 235. The third-order valence-electron chi connectivity index (χ3n) is 3.73. The number of piperidine rings is 1. The summed E-state index contributed by atoms with van der Waals surface area (Å²) < 4.78 is 4.99. The first kappa shape index (κ1) is 11.9. The summed E-state index contributed by atoms with van der Waals surface area (Å²) in [5, 5.41) is 3.35. The lowest BCUT2D eigenvalue weighted by Crippen LogP contribution is -2.54. The Kier molecular flexibility index (Phi) is 4.18. The third-order valence-corrected chi connectivity index (χ3v) is 3.73. The smallest absolute Gasteiger partial charge is 0.249 e. The number of methoxy groups -OCH3 is 1. The standard InChI is InChI=1S/C12H22N2O2/c1-16-9-12(15)14(10-3-2-4-10)11-5-7-13-8-6-11/h10-11,13H,2-9H2,1H3. The van der Waals surface area contributed by atoms with Crippen LogP contribution in [0.3, 0.4) is 0 Å². The van der Waals surface area contributed by atoms with E-state index in [9.17, 15) is 4.79 Å². The average Bonchev–Trinajstić information content (AvgIpc) is 2.24. The average molecular weight is 226 g/mol. The van der Waals surface area contributed by atoms with E-state index < -0.39 is 0 Å². The molecule has 0 bridgehead atoms. The van der Waals surface area contributed by atoms with Crippen LogP contribution in [0.25, 0.3) is 0 Å². The van der Waals surface area contributed by atoms with E-state index in [0.29, 0.717) is 12.1 Å². The maximum atomic E-state index is 12.1. The van der Waals surface area contributed by atoms with Crippen molar-refractivity contribution < 1.29 is 9.53 Å². The molecular weight excluding hydrogens is 204 g/mol. The number of carbonyl (C=O) groups is 1. The quantitative estimate of drug-likeness (QED) is 0.769. The van der Waals surface area contributed by atoms with Gasteiger partial charge in [0.2, 0.25) is 5.91 Å². The van der Waals surface area contributed by atoms with Crippen LogP contribution in [0.2, 0.25) is 0 Å². The monoisotopic (exact) mass is 226 g/mol. The highest BCUT2D eigenvalue weighted by Crippen LogP contribution is 2.29. The SMILES string of the molecule is COCC(=O)N(C1CCC1)C1CCNCC1. The lowest BCUT2D eigenvalue weighted by atomic mass is 9.88. The van der Waals surface area contributed by atoms with Gasteiger partial charge in [-0.15, -0.1) is 0 Å². The third kappa shape index (κ3) is 2.55. The zero-order chi connectivity index (χ0) is 11.4. The number of rotatable bonds is 4. The van der Waals surface area contributed by atoms with Crippen LogP contribution in [-0.2, 0) is 9.53 Å². The van der Waals surface area contributed by atoms with Gasteiger partial charge in [-0.2, -0.15) is 0 Å². The minimum atomic E-state index is 0.180. The number of hydrogen-bond donors (Lipinski definition) is 1. The van der Waals surface area contributed by atoms with Gasteiger partial charge in [-0.1, -0.05) is 0 Å². The highest BCUT2D eigenvalue weighted by Gasteiger charge is 2.34. The lowest BCUT2D eigenvalue weighted by molar-refractivity contribution is -0.143. The molecular formula is C12H22N2O2. The first-order valence-corrected chi connectivity index (χ1v) is 6.33. The van der Waals surface area contributed by atoms with E-state index in [1.165, 1.54) is 19.3 Å². The van der Waals surface area contributed by atoms with Crippen LogP contribution in [-0.4, -0.2) is 49.7 Å². The van der Waals surface area contributed by atoms with Crippen molar-refractivity contribution in [2.24, 2.45) is 0 Å². The Morgan fingerprint density at radius 2 is 1.88 bits per heavy atom. The Morgan fingerprint density at radius 1 is 1.25 bits per heavy atom. The lowest BCUT2D eigenvalue weighted by Gasteiger charge is -2.44. The van der Waals surface area contributed by atoms with Crippen molar-refractivity contribution in [3.05, 3.63) is 0 Å². The Hall–Kier alpha value is -0.610. The van der Waals surface area contributed by atoms with E-state index in [1.54, 1.807) is 7.11 Å². The van der Waals surface area contributed by atoms with Crippen molar-refractivity contribution in [3.63, 3.8) is 0 Å². The zero-order valence-electron chi connectivity index (χ0n) is 10.1. The normalized spacial score (nSPS) is 22.8. The van der Waals surface area contributed by atoms with Crippen LogP contribution in [0.15, 0.2) is 0 Å². The zero-order valence-corrected chi connectivity index (χ0v) is 10.1. The highest BCUT2D eigenvalue weighted by molar-refractivity contribution is 5.78. The van der Waals surface area contributed by atoms with Crippen molar-refractivity contribution in [2.45, 2.75) is 44.2 Å². The summed E-state index contributed by atoms with van der Waals surface area (Å²) in [6.07, 6.45) is 5.81. The minimum Gasteiger partial charge on any atom is -0.375 e.